The van der Waals surface area contributed by atoms with Gasteiger partial charge in [0.25, 0.3) is 0 Å². The average molecular weight is 444 g/mol. The number of benzene rings is 1. The molecule has 0 bridgehead atoms. The van der Waals surface area contributed by atoms with Gasteiger partial charge in [0.1, 0.15) is 6.17 Å². The van der Waals surface area contributed by atoms with Gasteiger partial charge < -0.3 is 15.0 Å². The summed E-state index contributed by atoms with van der Waals surface area (Å²) in [5, 5.41) is 12.8. The van der Waals surface area contributed by atoms with Crippen LogP contribution in [0.3, 0.4) is 0 Å². The highest BCUT2D eigenvalue weighted by Gasteiger charge is 2.43. The molecule has 5 rings (SSSR count). The van der Waals surface area contributed by atoms with E-state index in [0.29, 0.717) is 34.4 Å². The summed E-state index contributed by atoms with van der Waals surface area (Å²) < 4.78 is 29.8. The third kappa shape index (κ3) is 3.28. The van der Waals surface area contributed by atoms with Crippen molar-refractivity contribution in [3.63, 3.8) is 0 Å². The number of aromatic amines is 1. The number of hydrogen-bond donors (Lipinski definition) is 3. The molecule has 3 aromatic heterocycles. The fourth-order valence-electron chi connectivity index (χ4n) is 3.45. The lowest BCUT2D eigenvalue weighted by atomic mass is 10.1. The van der Waals surface area contributed by atoms with E-state index < -0.39 is 23.8 Å². The summed E-state index contributed by atoms with van der Waals surface area (Å²) in [7, 11) is 0. The monoisotopic (exact) mass is 443 g/mol. The molecule has 1 fully saturated rings. The minimum absolute atomic E-state index is 0.108. The summed E-state index contributed by atoms with van der Waals surface area (Å²) in [6.45, 7) is 3.96. The van der Waals surface area contributed by atoms with Crippen LogP contribution in [-0.2, 0) is 4.79 Å². The first-order valence-electron chi connectivity index (χ1n) is 9.46. The van der Waals surface area contributed by atoms with Crippen LogP contribution in [-0.4, -0.2) is 43.2 Å². The zero-order chi connectivity index (χ0) is 21.7. The van der Waals surface area contributed by atoms with Gasteiger partial charge in [-0.2, -0.15) is 5.10 Å². The smallest absolute Gasteiger partial charge is 0.231 e. The Labute approximate surface area is 179 Å². The Hall–Kier alpha value is -3.53. The van der Waals surface area contributed by atoms with Crippen LogP contribution in [0.25, 0.3) is 27.8 Å². The molecule has 31 heavy (non-hydrogen) atoms. The summed E-state index contributed by atoms with van der Waals surface area (Å²) in [6.07, 6.45) is 6.96. The van der Waals surface area contributed by atoms with Crippen LogP contribution in [0.15, 0.2) is 37.4 Å². The number of hydrogen-bond acceptors (Lipinski definition) is 5. The van der Waals surface area contributed by atoms with Crippen LogP contribution >= 0.6 is 11.6 Å². The summed E-state index contributed by atoms with van der Waals surface area (Å²) in [6, 6.07) is 0. The van der Waals surface area contributed by atoms with Gasteiger partial charge in [-0.15, -0.1) is 6.58 Å². The Kier molecular flexibility index (Phi) is 4.58. The first-order chi connectivity index (χ1) is 15.0. The summed E-state index contributed by atoms with van der Waals surface area (Å²) in [4.78, 5) is 20.6. The predicted molar refractivity (Wildman–Crippen MR) is 113 cm³/mol. The number of nitrogens with one attached hydrogen (secondary N) is 3. The number of rotatable bonds is 6. The molecule has 0 spiro atoms. The van der Waals surface area contributed by atoms with Crippen molar-refractivity contribution in [1.29, 1.82) is 0 Å². The van der Waals surface area contributed by atoms with Gasteiger partial charge in [-0.1, -0.05) is 17.7 Å². The van der Waals surface area contributed by atoms with E-state index in [1.54, 1.807) is 29.1 Å². The zero-order valence-corrected chi connectivity index (χ0v) is 16.7. The van der Waals surface area contributed by atoms with Crippen molar-refractivity contribution in [2.45, 2.75) is 12.6 Å². The van der Waals surface area contributed by atoms with Crippen molar-refractivity contribution in [3.8, 4) is 11.3 Å². The van der Waals surface area contributed by atoms with E-state index in [2.05, 4.69) is 37.4 Å². The average Bonchev–Trinajstić information content (AvgIpc) is 3.12. The van der Waals surface area contributed by atoms with Crippen LogP contribution < -0.4 is 10.6 Å². The normalized spacial score (nSPS) is 17.8. The maximum Gasteiger partial charge on any atom is 0.231 e. The minimum atomic E-state index is -1.09. The Morgan fingerprint density at radius 3 is 2.97 bits per heavy atom. The van der Waals surface area contributed by atoms with E-state index in [9.17, 15) is 9.18 Å². The first kappa shape index (κ1) is 19.4. The van der Waals surface area contributed by atoms with Crippen molar-refractivity contribution < 1.29 is 13.6 Å². The number of imidazole rings is 1. The number of fused-ring (bicyclic) bond motifs is 2. The Bertz CT molecular complexity index is 1350. The molecule has 11 heteroatoms. The second-order valence-corrected chi connectivity index (χ2v) is 7.60. The van der Waals surface area contributed by atoms with Crippen molar-refractivity contribution in [2.24, 2.45) is 5.92 Å². The van der Waals surface area contributed by atoms with Gasteiger partial charge in [-0.3, -0.25) is 14.9 Å². The number of amides is 1. The fourth-order valence-corrected chi connectivity index (χ4v) is 3.74. The number of H-pyrrole nitrogens is 1. The highest BCUT2D eigenvalue weighted by Crippen LogP contribution is 2.40. The summed E-state index contributed by atoms with van der Waals surface area (Å²) >= 11 is 6.39. The lowest BCUT2D eigenvalue weighted by molar-refractivity contribution is -0.117. The topological polar surface area (TPSA) is 100 Å². The number of carbonyl (C=O) groups excluding carboxylic acids is 1. The molecular weight excluding hydrogens is 428 g/mol. The molecule has 3 N–H and O–H groups in total. The second kappa shape index (κ2) is 7.31. The SMILES string of the molecule is C=CCNc1c(F)c(Cl)c(-c2cn3cc(NC(=O)[C@@H]4C[C@@H]4F)nc3cn2)c2cn[nH]c12. The van der Waals surface area contributed by atoms with Gasteiger partial charge >= 0.3 is 0 Å². The van der Waals surface area contributed by atoms with Gasteiger partial charge in [0.15, 0.2) is 17.3 Å². The van der Waals surface area contributed by atoms with Crippen LogP contribution in [0, 0.1) is 11.7 Å². The van der Waals surface area contributed by atoms with Crippen molar-refractivity contribution in [2.75, 3.05) is 17.2 Å². The van der Waals surface area contributed by atoms with Crippen molar-refractivity contribution in [3.05, 3.63) is 48.3 Å². The predicted octanol–water partition coefficient (Wildman–Crippen LogP) is 3.96. The molecule has 1 aliphatic carbocycles. The number of carbonyl (C=O) groups is 1. The Balaban J connectivity index is 1.56. The van der Waals surface area contributed by atoms with Gasteiger partial charge in [0.05, 0.1) is 46.4 Å². The van der Waals surface area contributed by atoms with E-state index in [4.69, 9.17) is 11.6 Å². The quantitative estimate of drug-likeness (QED) is 0.392. The van der Waals surface area contributed by atoms with E-state index >= 15 is 4.39 Å². The number of nitrogens with zero attached hydrogens (tertiary/aromatic N) is 4. The van der Waals surface area contributed by atoms with Crippen LogP contribution in [0.4, 0.5) is 20.3 Å². The molecule has 1 saturated carbocycles. The van der Waals surface area contributed by atoms with Crippen molar-refractivity contribution >= 4 is 45.6 Å². The van der Waals surface area contributed by atoms with Crippen LogP contribution in [0.1, 0.15) is 6.42 Å². The number of anilines is 2. The minimum Gasteiger partial charge on any atom is -0.377 e. The second-order valence-electron chi connectivity index (χ2n) is 7.22. The number of alkyl halides is 1. The molecule has 0 radical (unpaired) electrons. The molecule has 3 heterocycles. The first-order valence-corrected chi connectivity index (χ1v) is 9.84. The summed E-state index contributed by atoms with van der Waals surface area (Å²) in [5.41, 5.74) is 1.85. The maximum atomic E-state index is 15.1. The zero-order valence-electron chi connectivity index (χ0n) is 16.0. The van der Waals surface area contributed by atoms with E-state index in [1.165, 1.54) is 6.20 Å². The van der Waals surface area contributed by atoms with Gasteiger partial charge in [-0.25, -0.2) is 13.8 Å². The standard InChI is InChI=1S/C20H16ClF2N7O/c1-2-3-24-19-17(23)16(21)15(10-5-26-29-18(10)19)12-7-30-8-13(27-14(30)6-25-12)28-20(31)9-4-11(9)22/h2,5-9,11,24H,1,3-4H2,(H,26,29)(H,28,31)/t9-,11+/m1/s1. The van der Waals surface area contributed by atoms with Crippen LogP contribution in [0.2, 0.25) is 5.02 Å². The fraction of sp³-hybridized carbons (Fsp3) is 0.200. The molecule has 1 amide bonds. The van der Waals surface area contributed by atoms with Gasteiger partial charge in [0, 0.05) is 23.7 Å². The maximum absolute atomic E-state index is 15.1. The third-order valence-electron chi connectivity index (χ3n) is 5.11. The molecular formula is C20H16ClF2N7O. The number of halogens is 3. The largest absolute Gasteiger partial charge is 0.377 e. The van der Waals surface area contributed by atoms with Gasteiger partial charge in [-0.05, 0) is 6.42 Å². The molecule has 1 aromatic carbocycles. The summed E-state index contributed by atoms with van der Waals surface area (Å²) in [5.74, 6) is -1.39. The van der Waals surface area contributed by atoms with E-state index in [-0.39, 0.29) is 22.9 Å². The van der Waals surface area contributed by atoms with E-state index in [1.807, 2.05) is 0 Å². The lowest BCUT2D eigenvalue weighted by Gasteiger charge is -2.13. The molecule has 158 valence electrons. The van der Waals surface area contributed by atoms with Gasteiger partial charge in [0.2, 0.25) is 5.91 Å². The van der Waals surface area contributed by atoms with Crippen LogP contribution in [0.5, 0.6) is 0 Å². The highest BCUT2D eigenvalue weighted by molar-refractivity contribution is 6.35. The molecule has 0 aliphatic heterocycles. The Morgan fingerprint density at radius 2 is 2.23 bits per heavy atom. The van der Waals surface area contributed by atoms with Crippen molar-refractivity contribution in [1.82, 2.24) is 24.6 Å². The Morgan fingerprint density at radius 1 is 1.42 bits per heavy atom. The van der Waals surface area contributed by atoms with E-state index in [0.717, 1.165) is 0 Å². The number of aromatic nitrogens is 5. The third-order valence-corrected chi connectivity index (χ3v) is 5.47. The lowest BCUT2D eigenvalue weighted by Crippen LogP contribution is -2.15. The molecule has 4 aromatic rings. The molecule has 2 atom stereocenters. The molecule has 0 saturated heterocycles. The molecule has 0 unspecified atom stereocenters. The molecule has 1 aliphatic rings. The molecule has 8 nitrogen and oxygen atoms in total. The highest BCUT2D eigenvalue weighted by atomic mass is 35.5.